The van der Waals surface area contributed by atoms with Crippen LogP contribution < -0.4 is 5.32 Å². The highest BCUT2D eigenvalue weighted by molar-refractivity contribution is 8.00. The van der Waals surface area contributed by atoms with Gasteiger partial charge in [0.15, 0.2) is 0 Å². The van der Waals surface area contributed by atoms with Crippen LogP contribution >= 0.6 is 23.1 Å². The van der Waals surface area contributed by atoms with E-state index in [1.54, 1.807) is 11.3 Å². The lowest BCUT2D eigenvalue weighted by Gasteiger charge is -2.13. The Bertz CT molecular complexity index is 891. The van der Waals surface area contributed by atoms with Crippen molar-refractivity contribution in [2.24, 2.45) is 0 Å². The average molecular weight is 370 g/mol. The first-order chi connectivity index (χ1) is 12.2. The maximum Gasteiger partial charge on any atom is 0.233 e. The predicted molar refractivity (Wildman–Crippen MR) is 103 cm³/mol. The number of hydrogen-bond acceptors (Lipinski definition) is 5. The van der Waals surface area contributed by atoms with Gasteiger partial charge in [-0.2, -0.15) is 0 Å². The smallest absolute Gasteiger partial charge is 0.233 e. The number of para-hydroxylation sites is 1. The van der Waals surface area contributed by atoms with Gasteiger partial charge in [-0.15, -0.1) is 11.3 Å². The minimum absolute atomic E-state index is 0.0362. The van der Waals surface area contributed by atoms with Crippen molar-refractivity contribution in [1.82, 2.24) is 15.3 Å². The van der Waals surface area contributed by atoms with E-state index in [2.05, 4.69) is 5.32 Å². The van der Waals surface area contributed by atoms with Crippen LogP contribution in [-0.4, -0.2) is 21.1 Å². The Morgan fingerprint density at radius 3 is 2.88 bits per heavy atom. The van der Waals surface area contributed by atoms with Crippen molar-refractivity contribution in [3.8, 4) is 0 Å². The van der Waals surface area contributed by atoms with Gasteiger partial charge in [-0.1, -0.05) is 36.0 Å². The number of fused-ring (bicyclic) bond motifs is 1. The molecule has 25 heavy (non-hydrogen) atoms. The minimum atomic E-state index is -0.203. The van der Waals surface area contributed by atoms with E-state index < -0.39 is 0 Å². The summed E-state index contributed by atoms with van der Waals surface area (Å²) in [5.74, 6) is 1.45. The van der Waals surface area contributed by atoms with Crippen LogP contribution in [0.1, 0.15) is 36.4 Å². The molecule has 0 bridgehead atoms. The van der Waals surface area contributed by atoms with Gasteiger partial charge in [0.25, 0.3) is 0 Å². The highest BCUT2D eigenvalue weighted by Crippen LogP contribution is 2.40. The normalized spacial score (nSPS) is 15.2. The molecule has 4 rings (SSSR count). The first-order valence-corrected chi connectivity index (χ1v) is 10.2. The van der Waals surface area contributed by atoms with Gasteiger partial charge in [-0.3, -0.25) is 4.79 Å². The first kappa shape index (κ1) is 16.5. The SMILES string of the molecule is CC(Sc1nc(C2CC2)nc2ccccc12)C(=O)NCc1cccs1. The van der Waals surface area contributed by atoms with Crippen molar-refractivity contribution in [1.29, 1.82) is 0 Å². The second kappa shape index (κ2) is 7.14. The summed E-state index contributed by atoms with van der Waals surface area (Å²) in [6.07, 6.45) is 2.33. The number of hydrogen-bond donors (Lipinski definition) is 1. The molecule has 4 nitrogen and oxygen atoms in total. The molecule has 1 atom stereocenters. The van der Waals surface area contributed by atoms with Gasteiger partial charge in [0.1, 0.15) is 10.9 Å². The van der Waals surface area contributed by atoms with Crippen LogP contribution in [0.3, 0.4) is 0 Å². The van der Waals surface area contributed by atoms with Crippen molar-refractivity contribution in [3.63, 3.8) is 0 Å². The molecule has 0 saturated heterocycles. The van der Waals surface area contributed by atoms with Gasteiger partial charge in [-0.25, -0.2) is 9.97 Å². The van der Waals surface area contributed by atoms with Crippen molar-refractivity contribution in [2.45, 2.75) is 42.5 Å². The molecule has 0 radical (unpaired) electrons. The van der Waals surface area contributed by atoms with Crippen LogP contribution in [0, 0.1) is 0 Å². The molecule has 1 aliphatic rings. The lowest BCUT2D eigenvalue weighted by molar-refractivity contribution is -0.120. The Balaban J connectivity index is 1.51. The van der Waals surface area contributed by atoms with Crippen LogP contribution in [0.2, 0.25) is 0 Å². The number of carbonyl (C=O) groups excluding carboxylic acids is 1. The number of benzene rings is 1. The summed E-state index contributed by atoms with van der Waals surface area (Å²) in [4.78, 5) is 23.1. The van der Waals surface area contributed by atoms with Gasteiger partial charge in [-0.05, 0) is 37.3 Å². The zero-order chi connectivity index (χ0) is 17.2. The molecule has 3 aromatic rings. The van der Waals surface area contributed by atoms with Crippen LogP contribution in [0.15, 0.2) is 46.8 Å². The summed E-state index contributed by atoms with van der Waals surface area (Å²) in [7, 11) is 0. The van der Waals surface area contributed by atoms with E-state index in [1.165, 1.54) is 24.6 Å². The highest BCUT2D eigenvalue weighted by Gasteiger charge is 2.28. The Morgan fingerprint density at radius 1 is 1.28 bits per heavy atom. The molecule has 1 aromatic carbocycles. The van der Waals surface area contributed by atoms with Crippen molar-refractivity contribution >= 4 is 39.9 Å². The Hall–Kier alpha value is -1.92. The molecule has 1 fully saturated rings. The number of nitrogens with zero attached hydrogens (tertiary/aromatic N) is 2. The van der Waals surface area contributed by atoms with Gasteiger partial charge in [0, 0.05) is 16.2 Å². The molecule has 0 spiro atoms. The second-order valence-electron chi connectivity index (χ2n) is 6.24. The lowest BCUT2D eigenvalue weighted by Crippen LogP contribution is -2.30. The number of thiophene rings is 1. The average Bonchev–Trinajstić information content (AvgIpc) is 3.35. The van der Waals surface area contributed by atoms with Gasteiger partial charge < -0.3 is 5.32 Å². The van der Waals surface area contributed by atoms with Crippen molar-refractivity contribution in [2.75, 3.05) is 0 Å². The van der Waals surface area contributed by atoms with Gasteiger partial charge in [0.05, 0.1) is 17.3 Å². The standard InChI is InChI=1S/C19H19N3OS2/c1-12(18(23)20-11-14-5-4-10-24-14)25-19-15-6-2-3-7-16(15)21-17(22-19)13-8-9-13/h2-7,10,12-13H,8-9,11H2,1H3,(H,20,23). The van der Waals surface area contributed by atoms with Crippen LogP contribution in [0.4, 0.5) is 0 Å². The molecular formula is C19H19N3OS2. The second-order valence-corrected chi connectivity index (χ2v) is 8.60. The largest absolute Gasteiger partial charge is 0.350 e. The number of thioether (sulfide) groups is 1. The molecule has 128 valence electrons. The van der Waals surface area contributed by atoms with E-state index in [-0.39, 0.29) is 11.2 Å². The summed E-state index contributed by atoms with van der Waals surface area (Å²) in [5.41, 5.74) is 0.966. The van der Waals surface area contributed by atoms with E-state index in [9.17, 15) is 4.79 Å². The Labute approximate surface area is 155 Å². The zero-order valence-electron chi connectivity index (χ0n) is 13.9. The molecule has 2 aromatic heterocycles. The third-order valence-electron chi connectivity index (χ3n) is 4.20. The van der Waals surface area contributed by atoms with E-state index in [1.807, 2.05) is 48.7 Å². The quantitative estimate of drug-likeness (QED) is 0.518. The summed E-state index contributed by atoms with van der Waals surface area (Å²) >= 11 is 3.17. The lowest BCUT2D eigenvalue weighted by atomic mass is 10.2. The molecular weight excluding hydrogens is 350 g/mol. The van der Waals surface area contributed by atoms with Crippen molar-refractivity contribution < 1.29 is 4.79 Å². The van der Waals surface area contributed by atoms with E-state index in [0.717, 1.165) is 26.6 Å². The molecule has 1 unspecified atom stereocenters. The Kier molecular flexibility index (Phi) is 4.72. The summed E-state index contributed by atoms with van der Waals surface area (Å²) in [5, 5.41) is 6.76. The fraction of sp³-hybridized carbons (Fsp3) is 0.316. The van der Waals surface area contributed by atoms with Crippen molar-refractivity contribution in [3.05, 3.63) is 52.5 Å². The number of rotatable bonds is 6. The molecule has 1 amide bonds. The molecule has 6 heteroatoms. The third kappa shape index (κ3) is 3.85. The topological polar surface area (TPSA) is 54.9 Å². The number of aromatic nitrogens is 2. The molecule has 0 aliphatic heterocycles. The van der Waals surface area contributed by atoms with Crippen LogP contribution in [0.25, 0.3) is 10.9 Å². The highest BCUT2D eigenvalue weighted by atomic mass is 32.2. The summed E-state index contributed by atoms with van der Waals surface area (Å²) in [6.45, 7) is 2.52. The predicted octanol–water partition coefficient (Wildman–Crippen LogP) is 4.37. The fourth-order valence-electron chi connectivity index (χ4n) is 2.63. The molecule has 1 saturated carbocycles. The number of carbonyl (C=O) groups is 1. The fourth-order valence-corrected chi connectivity index (χ4v) is 4.25. The van der Waals surface area contributed by atoms with Crippen LogP contribution in [-0.2, 0) is 11.3 Å². The molecule has 2 heterocycles. The van der Waals surface area contributed by atoms with E-state index in [0.29, 0.717) is 12.5 Å². The summed E-state index contributed by atoms with van der Waals surface area (Å²) < 4.78 is 0. The monoisotopic (exact) mass is 369 g/mol. The maximum absolute atomic E-state index is 12.4. The first-order valence-electron chi connectivity index (χ1n) is 8.44. The van der Waals surface area contributed by atoms with E-state index >= 15 is 0 Å². The maximum atomic E-state index is 12.4. The number of nitrogens with one attached hydrogen (secondary N) is 1. The Morgan fingerprint density at radius 2 is 2.12 bits per heavy atom. The summed E-state index contributed by atoms with van der Waals surface area (Å²) in [6, 6.07) is 12.1. The number of amides is 1. The molecule has 1 N–H and O–H groups in total. The third-order valence-corrected chi connectivity index (χ3v) is 6.18. The minimum Gasteiger partial charge on any atom is -0.350 e. The molecule has 1 aliphatic carbocycles. The zero-order valence-corrected chi connectivity index (χ0v) is 15.6. The van der Waals surface area contributed by atoms with Gasteiger partial charge >= 0.3 is 0 Å². The van der Waals surface area contributed by atoms with E-state index in [4.69, 9.17) is 9.97 Å². The van der Waals surface area contributed by atoms with Crippen LogP contribution in [0.5, 0.6) is 0 Å². The van der Waals surface area contributed by atoms with Gasteiger partial charge in [0.2, 0.25) is 5.91 Å².